The van der Waals surface area contributed by atoms with Gasteiger partial charge < -0.3 is 0 Å². The highest BCUT2D eigenvalue weighted by Crippen LogP contribution is 2.04. The van der Waals surface area contributed by atoms with Gasteiger partial charge in [-0.15, -0.1) is 0 Å². The third-order valence-electron chi connectivity index (χ3n) is 1.39. The van der Waals surface area contributed by atoms with Crippen molar-refractivity contribution in [3.05, 3.63) is 33.8 Å². The van der Waals surface area contributed by atoms with Crippen molar-refractivity contribution in [3.8, 4) is 0 Å². The molecule has 0 spiro atoms. The van der Waals surface area contributed by atoms with Crippen LogP contribution in [0.2, 0.25) is 0 Å². The second kappa shape index (κ2) is 3.17. The fourth-order valence-corrected chi connectivity index (χ4v) is 0.809. The van der Waals surface area contributed by atoms with Crippen LogP contribution in [0.5, 0.6) is 0 Å². The van der Waals surface area contributed by atoms with Crippen LogP contribution in [0.25, 0.3) is 6.08 Å². The van der Waals surface area contributed by atoms with E-state index in [-0.39, 0.29) is 5.70 Å². The molecule has 0 amide bonds. The molecule has 1 aromatic heterocycles. The smallest absolute Gasteiger partial charge is 0.243 e. The van der Waals surface area contributed by atoms with E-state index in [1.807, 2.05) is 0 Å². The third-order valence-corrected chi connectivity index (χ3v) is 1.39. The molecule has 1 aromatic rings. The number of aryl methyl sites for hydroxylation is 1. The van der Waals surface area contributed by atoms with Gasteiger partial charge >= 0.3 is 0 Å². The molecule has 1 rings (SSSR count). The molecule has 1 heterocycles. The predicted molar refractivity (Wildman–Crippen MR) is 43.9 cm³/mol. The lowest BCUT2D eigenvalue weighted by Crippen LogP contribution is -1.92. The van der Waals surface area contributed by atoms with Crippen LogP contribution in [0.15, 0.2) is 18.1 Å². The van der Waals surface area contributed by atoms with Gasteiger partial charge in [0.25, 0.3) is 0 Å². The molecular formula is C7H9N3O2. The monoisotopic (exact) mass is 167 g/mol. The highest BCUT2D eigenvalue weighted by molar-refractivity contribution is 5.48. The Labute approximate surface area is 69.5 Å². The molecule has 5 nitrogen and oxygen atoms in total. The summed E-state index contributed by atoms with van der Waals surface area (Å²) in [7, 11) is 1.76. The van der Waals surface area contributed by atoms with Crippen molar-refractivity contribution in [2.75, 3.05) is 0 Å². The van der Waals surface area contributed by atoms with E-state index in [4.69, 9.17) is 0 Å². The number of rotatable bonds is 2. The standard InChI is InChI=1S/C7H9N3O2/c1-6(10(11)12)3-7-4-8-9(2)5-7/h3-5H,1-2H3/b6-3+. The lowest BCUT2D eigenvalue weighted by atomic mass is 10.3. The van der Waals surface area contributed by atoms with E-state index in [9.17, 15) is 10.1 Å². The molecule has 12 heavy (non-hydrogen) atoms. The molecule has 0 radical (unpaired) electrons. The summed E-state index contributed by atoms with van der Waals surface area (Å²) >= 11 is 0. The fraction of sp³-hybridized carbons (Fsp3) is 0.286. The maximum Gasteiger partial charge on any atom is 0.243 e. The van der Waals surface area contributed by atoms with Crippen molar-refractivity contribution in [1.82, 2.24) is 9.78 Å². The fourth-order valence-electron chi connectivity index (χ4n) is 0.809. The zero-order valence-corrected chi connectivity index (χ0v) is 6.89. The van der Waals surface area contributed by atoms with Gasteiger partial charge in [-0.3, -0.25) is 14.8 Å². The van der Waals surface area contributed by atoms with E-state index in [0.717, 1.165) is 5.56 Å². The first-order chi connectivity index (χ1) is 5.59. The normalized spacial score (nSPS) is 11.7. The van der Waals surface area contributed by atoms with Gasteiger partial charge in [0, 0.05) is 31.8 Å². The Morgan fingerprint density at radius 3 is 2.92 bits per heavy atom. The van der Waals surface area contributed by atoms with Crippen molar-refractivity contribution >= 4 is 6.08 Å². The van der Waals surface area contributed by atoms with Crippen molar-refractivity contribution in [1.29, 1.82) is 0 Å². The summed E-state index contributed by atoms with van der Waals surface area (Å²) < 4.78 is 1.60. The maximum absolute atomic E-state index is 10.2. The third kappa shape index (κ3) is 1.91. The van der Waals surface area contributed by atoms with Gasteiger partial charge in [0.05, 0.1) is 11.1 Å². The average molecular weight is 167 g/mol. The van der Waals surface area contributed by atoms with E-state index in [2.05, 4.69) is 5.10 Å². The van der Waals surface area contributed by atoms with Crippen LogP contribution < -0.4 is 0 Å². The van der Waals surface area contributed by atoms with Crippen molar-refractivity contribution in [2.45, 2.75) is 6.92 Å². The first-order valence-corrected chi connectivity index (χ1v) is 3.41. The number of nitrogens with zero attached hydrogens (tertiary/aromatic N) is 3. The highest BCUT2D eigenvalue weighted by atomic mass is 16.6. The Kier molecular flexibility index (Phi) is 2.23. The molecule has 0 fully saturated rings. The van der Waals surface area contributed by atoms with Gasteiger partial charge in [0.15, 0.2) is 0 Å². The van der Waals surface area contributed by atoms with Gasteiger partial charge in [0.2, 0.25) is 5.70 Å². The van der Waals surface area contributed by atoms with Crippen LogP contribution in [0.3, 0.4) is 0 Å². The maximum atomic E-state index is 10.2. The van der Waals surface area contributed by atoms with Crippen LogP contribution in [-0.2, 0) is 7.05 Å². The zero-order chi connectivity index (χ0) is 9.14. The zero-order valence-electron chi connectivity index (χ0n) is 6.89. The molecule has 0 N–H and O–H groups in total. The van der Waals surface area contributed by atoms with Gasteiger partial charge in [0.1, 0.15) is 0 Å². The Morgan fingerprint density at radius 1 is 1.83 bits per heavy atom. The van der Waals surface area contributed by atoms with E-state index in [1.54, 1.807) is 24.1 Å². The first-order valence-electron chi connectivity index (χ1n) is 3.41. The molecule has 0 aliphatic carbocycles. The molecule has 0 aromatic carbocycles. The molecule has 5 heteroatoms. The van der Waals surface area contributed by atoms with E-state index >= 15 is 0 Å². The van der Waals surface area contributed by atoms with Gasteiger partial charge in [-0.05, 0) is 0 Å². The Hall–Kier alpha value is -1.65. The second-order valence-electron chi connectivity index (χ2n) is 2.49. The number of hydrogen-bond acceptors (Lipinski definition) is 3. The number of hydrogen-bond donors (Lipinski definition) is 0. The molecule has 0 saturated carbocycles. The summed E-state index contributed by atoms with van der Waals surface area (Å²) in [4.78, 5) is 9.80. The van der Waals surface area contributed by atoms with Crippen LogP contribution >= 0.6 is 0 Å². The highest BCUT2D eigenvalue weighted by Gasteiger charge is 2.02. The average Bonchev–Trinajstić information content (AvgIpc) is 2.35. The Balaban J connectivity index is 2.87. The topological polar surface area (TPSA) is 61.0 Å². The summed E-state index contributed by atoms with van der Waals surface area (Å²) in [5, 5.41) is 14.1. The van der Waals surface area contributed by atoms with E-state index in [1.165, 1.54) is 13.0 Å². The lowest BCUT2D eigenvalue weighted by Gasteiger charge is -1.86. The minimum Gasteiger partial charge on any atom is -0.275 e. The lowest BCUT2D eigenvalue weighted by molar-refractivity contribution is -0.422. The molecular weight excluding hydrogens is 158 g/mol. The van der Waals surface area contributed by atoms with Crippen molar-refractivity contribution in [3.63, 3.8) is 0 Å². The molecule has 0 aliphatic rings. The van der Waals surface area contributed by atoms with Gasteiger partial charge in [-0.2, -0.15) is 5.10 Å². The van der Waals surface area contributed by atoms with Gasteiger partial charge in [-0.1, -0.05) is 0 Å². The summed E-state index contributed by atoms with van der Waals surface area (Å²) in [6.45, 7) is 1.45. The molecule has 0 aliphatic heterocycles. The van der Waals surface area contributed by atoms with Crippen molar-refractivity contribution < 1.29 is 4.92 Å². The quantitative estimate of drug-likeness (QED) is 0.488. The van der Waals surface area contributed by atoms with Crippen molar-refractivity contribution in [2.24, 2.45) is 7.05 Å². The predicted octanol–water partition coefficient (Wildman–Crippen LogP) is 1.06. The van der Waals surface area contributed by atoms with Crippen LogP contribution in [-0.4, -0.2) is 14.7 Å². The van der Waals surface area contributed by atoms with E-state index in [0.29, 0.717) is 0 Å². The number of aromatic nitrogens is 2. The minimum absolute atomic E-state index is 0.114. The molecule has 0 saturated heterocycles. The Bertz CT molecular complexity index is 327. The molecule has 0 atom stereocenters. The summed E-state index contributed by atoms with van der Waals surface area (Å²) in [6.07, 6.45) is 4.77. The number of nitro groups is 1. The van der Waals surface area contributed by atoms with Crippen LogP contribution in [0.4, 0.5) is 0 Å². The second-order valence-corrected chi connectivity index (χ2v) is 2.49. The SMILES string of the molecule is C/C(=C\c1cnn(C)c1)[N+](=O)[O-]. The van der Waals surface area contributed by atoms with E-state index < -0.39 is 4.92 Å². The molecule has 64 valence electrons. The Morgan fingerprint density at radius 2 is 2.50 bits per heavy atom. The van der Waals surface area contributed by atoms with Crippen LogP contribution in [0.1, 0.15) is 12.5 Å². The first kappa shape index (κ1) is 8.45. The molecule has 0 bridgehead atoms. The summed E-state index contributed by atoms with van der Waals surface area (Å²) in [5.41, 5.74) is 0.856. The largest absolute Gasteiger partial charge is 0.275 e. The van der Waals surface area contributed by atoms with Gasteiger partial charge in [-0.25, -0.2) is 0 Å². The summed E-state index contributed by atoms with van der Waals surface area (Å²) in [6, 6.07) is 0. The summed E-state index contributed by atoms with van der Waals surface area (Å²) in [5.74, 6) is 0. The van der Waals surface area contributed by atoms with Crippen LogP contribution in [0, 0.1) is 10.1 Å². The minimum atomic E-state index is -0.424. The molecule has 0 unspecified atom stereocenters. The number of allylic oxidation sites excluding steroid dienone is 1.